The highest BCUT2D eigenvalue weighted by Gasteiger charge is 1.78. The van der Waals surface area contributed by atoms with Crippen LogP contribution in [0.5, 0.6) is 0 Å². The standard InChI is InChI=1S/C6H8N.H3P/c1-7-5-3-2-4-6-7;/h2-6H,1H3;1H3/q+1;. The fourth-order valence-corrected chi connectivity index (χ4v) is 0.485. The van der Waals surface area contributed by atoms with E-state index in [9.17, 15) is 0 Å². The summed E-state index contributed by atoms with van der Waals surface area (Å²) in [5.41, 5.74) is 0. The molecule has 0 aliphatic rings. The van der Waals surface area contributed by atoms with Gasteiger partial charge in [-0.2, -0.15) is 9.90 Å². The van der Waals surface area contributed by atoms with Crippen LogP contribution in [0, 0.1) is 0 Å². The summed E-state index contributed by atoms with van der Waals surface area (Å²) in [7, 11) is 2.00. The molecule has 1 nitrogen and oxygen atoms in total. The van der Waals surface area contributed by atoms with Crippen LogP contribution in [0.15, 0.2) is 30.6 Å². The predicted octanol–water partition coefficient (Wildman–Crippen LogP) is 0.569. The van der Waals surface area contributed by atoms with E-state index in [2.05, 4.69) is 0 Å². The second kappa shape index (κ2) is 3.57. The van der Waals surface area contributed by atoms with E-state index < -0.39 is 0 Å². The van der Waals surface area contributed by atoms with Crippen molar-refractivity contribution in [3.8, 4) is 0 Å². The maximum absolute atomic E-state index is 2.00. The van der Waals surface area contributed by atoms with Gasteiger partial charge in [-0.05, 0) is 0 Å². The van der Waals surface area contributed by atoms with Gasteiger partial charge in [-0.15, -0.1) is 0 Å². The molecule has 44 valence electrons. The summed E-state index contributed by atoms with van der Waals surface area (Å²) in [6.45, 7) is 0. The van der Waals surface area contributed by atoms with Crippen molar-refractivity contribution < 1.29 is 4.57 Å². The first-order chi connectivity index (χ1) is 3.39. The molecule has 2 heteroatoms. The summed E-state index contributed by atoms with van der Waals surface area (Å²) in [5.74, 6) is 0. The van der Waals surface area contributed by atoms with Crippen molar-refractivity contribution in [2.24, 2.45) is 7.05 Å². The van der Waals surface area contributed by atoms with Gasteiger partial charge >= 0.3 is 0 Å². The van der Waals surface area contributed by atoms with Gasteiger partial charge in [0.15, 0.2) is 12.4 Å². The molecule has 0 saturated carbocycles. The fourth-order valence-electron chi connectivity index (χ4n) is 0.485. The Balaban J connectivity index is 0.000000490. The molecule has 1 aromatic heterocycles. The molecule has 1 rings (SSSR count). The van der Waals surface area contributed by atoms with Gasteiger partial charge in [0.2, 0.25) is 0 Å². The van der Waals surface area contributed by atoms with Gasteiger partial charge in [-0.1, -0.05) is 6.07 Å². The van der Waals surface area contributed by atoms with E-state index in [1.807, 2.05) is 42.2 Å². The van der Waals surface area contributed by atoms with Gasteiger partial charge in [0.25, 0.3) is 0 Å². The summed E-state index contributed by atoms with van der Waals surface area (Å²) in [5, 5.41) is 0. The Hall–Kier alpha value is -0.420. The molecule has 1 aromatic rings. The van der Waals surface area contributed by atoms with Gasteiger partial charge in [-0.3, -0.25) is 0 Å². The van der Waals surface area contributed by atoms with Gasteiger partial charge in [0.05, 0.1) is 0 Å². The Bertz CT molecular complexity index is 138. The van der Waals surface area contributed by atoms with E-state index >= 15 is 0 Å². The van der Waals surface area contributed by atoms with E-state index in [0.717, 1.165) is 0 Å². The molecule has 0 radical (unpaired) electrons. The molecule has 1 heterocycles. The maximum Gasteiger partial charge on any atom is 0.168 e. The van der Waals surface area contributed by atoms with Gasteiger partial charge in [0, 0.05) is 12.1 Å². The Morgan fingerprint density at radius 1 is 1.00 bits per heavy atom. The third-order valence-corrected chi connectivity index (χ3v) is 0.865. The van der Waals surface area contributed by atoms with Crippen LogP contribution in [-0.2, 0) is 7.05 Å². The minimum atomic E-state index is 0. The van der Waals surface area contributed by atoms with Crippen molar-refractivity contribution in [2.75, 3.05) is 0 Å². The van der Waals surface area contributed by atoms with Crippen LogP contribution in [0.2, 0.25) is 0 Å². The topological polar surface area (TPSA) is 3.88 Å². The lowest BCUT2D eigenvalue weighted by molar-refractivity contribution is -0.671. The highest BCUT2D eigenvalue weighted by Crippen LogP contribution is 1.71. The lowest BCUT2D eigenvalue weighted by atomic mass is 10.5. The quantitative estimate of drug-likeness (QED) is 0.355. The lowest BCUT2D eigenvalue weighted by Gasteiger charge is -1.77. The van der Waals surface area contributed by atoms with Crippen molar-refractivity contribution >= 4 is 9.90 Å². The minimum Gasteiger partial charge on any atom is -0.208 e. The molecule has 0 fully saturated rings. The van der Waals surface area contributed by atoms with Crippen molar-refractivity contribution in [1.82, 2.24) is 0 Å². The Morgan fingerprint density at radius 2 is 1.50 bits per heavy atom. The molecule has 0 saturated heterocycles. The van der Waals surface area contributed by atoms with Gasteiger partial charge < -0.3 is 0 Å². The molecule has 1 atom stereocenters. The molecular weight excluding hydrogens is 117 g/mol. The number of rotatable bonds is 0. The summed E-state index contributed by atoms with van der Waals surface area (Å²) in [6.07, 6.45) is 4.00. The number of aryl methyl sites for hydroxylation is 1. The summed E-state index contributed by atoms with van der Waals surface area (Å²) in [6, 6.07) is 6.00. The summed E-state index contributed by atoms with van der Waals surface area (Å²) < 4.78 is 2.00. The summed E-state index contributed by atoms with van der Waals surface area (Å²) >= 11 is 0. The Labute approximate surface area is 53.0 Å². The van der Waals surface area contributed by atoms with E-state index in [-0.39, 0.29) is 9.90 Å². The SMILES string of the molecule is C[n+]1ccccc1.P. The van der Waals surface area contributed by atoms with Crippen LogP contribution in [0.1, 0.15) is 0 Å². The second-order valence-electron chi connectivity index (χ2n) is 1.54. The molecule has 0 aromatic carbocycles. The van der Waals surface area contributed by atoms with Gasteiger partial charge in [0.1, 0.15) is 7.05 Å². The number of hydrogen-bond acceptors (Lipinski definition) is 0. The maximum atomic E-state index is 2.00. The summed E-state index contributed by atoms with van der Waals surface area (Å²) in [4.78, 5) is 0. The average molecular weight is 128 g/mol. The third kappa shape index (κ3) is 2.04. The molecule has 0 spiro atoms. The number of aromatic nitrogens is 1. The monoisotopic (exact) mass is 128 g/mol. The van der Waals surface area contributed by atoms with Crippen molar-refractivity contribution in [3.05, 3.63) is 30.6 Å². The smallest absolute Gasteiger partial charge is 0.168 e. The van der Waals surface area contributed by atoms with E-state index in [1.54, 1.807) is 0 Å². The van der Waals surface area contributed by atoms with Crippen LogP contribution < -0.4 is 4.57 Å². The number of pyridine rings is 1. The van der Waals surface area contributed by atoms with Crippen molar-refractivity contribution in [1.29, 1.82) is 0 Å². The first kappa shape index (κ1) is 7.58. The molecule has 8 heavy (non-hydrogen) atoms. The first-order valence-electron chi connectivity index (χ1n) is 2.30. The third-order valence-electron chi connectivity index (χ3n) is 0.865. The fraction of sp³-hybridized carbons (Fsp3) is 0.167. The van der Waals surface area contributed by atoms with Crippen LogP contribution in [0.25, 0.3) is 0 Å². The predicted molar refractivity (Wildman–Crippen MR) is 38.7 cm³/mol. The van der Waals surface area contributed by atoms with Crippen LogP contribution in [0.3, 0.4) is 0 Å². The minimum absolute atomic E-state index is 0. The van der Waals surface area contributed by atoms with E-state index in [4.69, 9.17) is 0 Å². The number of nitrogens with zero attached hydrogens (tertiary/aromatic N) is 1. The average Bonchev–Trinajstić information content (AvgIpc) is 1.69. The Morgan fingerprint density at radius 3 is 1.75 bits per heavy atom. The second-order valence-corrected chi connectivity index (χ2v) is 1.54. The highest BCUT2D eigenvalue weighted by molar-refractivity contribution is 6.92. The molecule has 1 unspecified atom stereocenters. The highest BCUT2D eigenvalue weighted by atomic mass is 31.0. The zero-order valence-corrected chi connectivity index (χ0v) is 6.46. The molecule has 0 aliphatic heterocycles. The van der Waals surface area contributed by atoms with Crippen LogP contribution >= 0.6 is 9.90 Å². The Kier molecular flexibility index (Phi) is 3.38. The molecule has 0 N–H and O–H groups in total. The van der Waals surface area contributed by atoms with Gasteiger partial charge in [-0.25, -0.2) is 4.57 Å². The molecule has 0 bridgehead atoms. The molecular formula is C6H11NP+. The zero-order valence-electron chi connectivity index (χ0n) is 5.04. The van der Waals surface area contributed by atoms with Crippen LogP contribution in [-0.4, -0.2) is 0 Å². The lowest BCUT2D eigenvalue weighted by Crippen LogP contribution is -2.25. The van der Waals surface area contributed by atoms with Crippen molar-refractivity contribution in [2.45, 2.75) is 0 Å². The van der Waals surface area contributed by atoms with Crippen molar-refractivity contribution in [3.63, 3.8) is 0 Å². The normalized spacial score (nSPS) is 7.62. The van der Waals surface area contributed by atoms with Crippen LogP contribution in [0.4, 0.5) is 0 Å². The molecule has 0 aliphatic carbocycles. The van der Waals surface area contributed by atoms with E-state index in [0.29, 0.717) is 0 Å². The molecule has 0 amide bonds. The number of hydrogen-bond donors (Lipinski definition) is 0. The largest absolute Gasteiger partial charge is 0.208 e. The zero-order chi connectivity index (χ0) is 5.11. The first-order valence-corrected chi connectivity index (χ1v) is 2.30. The van der Waals surface area contributed by atoms with E-state index in [1.165, 1.54) is 0 Å².